The third-order valence-electron chi connectivity index (χ3n) is 4.30. The van der Waals surface area contributed by atoms with Crippen molar-refractivity contribution in [2.24, 2.45) is 0 Å². The van der Waals surface area contributed by atoms with Gasteiger partial charge in [-0.15, -0.1) is 10.2 Å². The lowest BCUT2D eigenvalue weighted by molar-refractivity contribution is 0.244. The van der Waals surface area contributed by atoms with Crippen molar-refractivity contribution in [3.63, 3.8) is 0 Å². The van der Waals surface area contributed by atoms with Crippen molar-refractivity contribution in [2.75, 3.05) is 17.2 Å². The zero-order valence-corrected chi connectivity index (χ0v) is 15.0. The summed E-state index contributed by atoms with van der Waals surface area (Å²) in [5, 5.41) is 17.1. The van der Waals surface area contributed by atoms with Crippen molar-refractivity contribution >= 4 is 23.4 Å². The quantitative estimate of drug-likeness (QED) is 0.727. The number of hydrogen-bond acceptors (Lipinski definition) is 5. The highest BCUT2D eigenvalue weighted by Gasteiger charge is 2.15. The van der Waals surface area contributed by atoms with Crippen LogP contribution in [0, 0.1) is 0 Å². The summed E-state index contributed by atoms with van der Waals surface area (Å²) in [5.74, 6) is 1.75. The minimum atomic E-state index is -0.228. The van der Waals surface area contributed by atoms with Crippen molar-refractivity contribution in [3.05, 3.63) is 36.4 Å². The second-order valence-electron chi connectivity index (χ2n) is 6.29. The van der Waals surface area contributed by atoms with Crippen LogP contribution in [0.4, 0.5) is 22.1 Å². The molecule has 1 aromatic heterocycles. The predicted octanol–water partition coefficient (Wildman–Crippen LogP) is 4.07. The number of amides is 2. The molecular weight excluding hydrogens is 330 g/mol. The Morgan fingerprint density at radius 2 is 1.81 bits per heavy atom. The fourth-order valence-corrected chi connectivity index (χ4v) is 3.04. The number of para-hydroxylation sites is 2. The Balaban J connectivity index is 1.55. The maximum atomic E-state index is 12.1. The van der Waals surface area contributed by atoms with Crippen LogP contribution in [0.5, 0.6) is 5.75 Å². The zero-order chi connectivity index (χ0) is 18.2. The Morgan fingerprint density at radius 3 is 2.54 bits per heavy atom. The lowest BCUT2D eigenvalue weighted by Gasteiger charge is -2.22. The molecule has 2 amide bonds. The summed E-state index contributed by atoms with van der Waals surface area (Å²) in [6, 6.07) is 11.2. The number of nitrogens with zero attached hydrogens (tertiary/aromatic N) is 2. The molecule has 0 atom stereocenters. The number of carbonyl (C=O) groups excluding carboxylic acids is 1. The first-order valence-corrected chi connectivity index (χ1v) is 9.14. The lowest BCUT2D eigenvalue weighted by Crippen LogP contribution is -2.39. The summed E-state index contributed by atoms with van der Waals surface area (Å²) < 4.78 is 5.58. The first-order valence-electron chi connectivity index (χ1n) is 9.14. The monoisotopic (exact) mass is 355 g/mol. The van der Waals surface area contributed by atoms with E-state index >= 15 is 0 Å². The van der Waals surface area contributed by atoms with Crippen molar-refractivity contribution in [1.29, 1.82) is 0 Å². The molecule has 0 saturated heterocycles. The van der Waals surface area contributed by atoms with Crippen molar-refractivity contribution in [3.8, 4) is 5.75 Å². The zero-order valence-electron chi connectivity index (χ0n) is 15.0. The van der Waals surface area contributed by atoms with Crippen molar-refractivity contribution in [2.45, 2.75) is 45.1 Å². The van der Waals surface area contributed by atoms with Crippen LogP contribution in [0.3, 0.4) is 0 Å². The average molecular weight is 355 g/mol. The molecule has 1 saturated carbocycles. The van der Waals surface area contributed by atoms with Gasteiger partial charge < -0.3 is 15.4 Å². The van der Waals surface area contributed by atoms with Gasteiger partial charge in [-0.25, -0.2) is 4.79 Å². The van der Waals surface area contributed by atoms with Crippen LogP contribution >= 0.6 is 0 Å². The minimum Gasteiger partial charge on any atom is -0.492 e. The molecular formula is C19H25N5O2. The van der Waals surface area contributed by atoms with Gasteiger partial charge in [-0.05, 0) is 44.0 Å². The van der Waals surface area contributed by atoms with Gasteiger partial charge in [0.05, 0.1) is 12.3 Å². The number of urea groups is 1. The summed E-state index contributed by atoms with van der Waals surface area (Å²) in [5.41, 5.74) is 0.819. The fraction of sp³-hybridized carbons (Fsp3) is 0.421. The van der Waals surface area contributed by atoms with Gasteiger partial charge in [-0.2, -0.15) is 0 Å². The maximum absolute atomic E-state index is 12.1. The lowest BCUT2D eigenvalue weighted by atomic mass is 9.96. The molecule has 1 aliphatic carbocycles. The Bertz CT molecular complexity index is 714. The molecule has 3 rings (SSSR count). The van der Waals surface area contributed by atoms with Crippen LogP contribution in [-0.2, 0) is 0 Å². The molecule has 0 aliphatic heterocycles. The molecule has 7 nitrogen and oxygen atoms in total. The normalized spacial score (nSPS) is 14.5. The van der Waals surface area contributed by atoms with E-state index in [0.717, 1.165) is 24.3 Å². The highest BCUT2D eigenvalue weighted by atomic mass is 16.5. The summed E-state index contributed by atoms with van der Waals surface area (Å²) in [6.45, 7) is 2.53. The second-order valence-corrected chi connectivity index (χ2v) is 6.29. The molecule has 138 valence electrons. The van der Waals surface area contributed by atoms with E-state index in [1.54, 1.807) is 12.1 Å². The fourth-order valence-electron chi connectivity index (χ4n) is 3.04. The van der Waals surface area contributed by atoms with Crippen molar-refractivity contribution in [1.82, 2.24) is 15.5 Å². The molecule has 0 bridgehead atoms. The maximum Gasteiger partial charge on any atom is 0.320 e. The van der Waals surface area contributed by atoms with Crippen molar-refractivity contribution < 1.29 is 9.53 Å². The Hall–Kier alpha value is -2.83. The topological polar surface area (TPSA) is 88.2 Å². The van der Waals surface area contributed by atoms with Crippen LogP contribution in [0.15, 0.2) is 36.4 Å². The van der Waals surface area contributed by atoms with Gasteiger partial charge in [-0.3, -0.25) is 5.32 Å². The molecule has 7 heteroatoms. The van der Waals surface area contributed by atoms with E-state index in [-0.39, 0.29) is 12.1 Å². The molecule has 0 unspecified atom stereocenters. The summed E-state index contributed by atoms with van der Waals surface area (Å²) in [4.78, 5) is 12.1. The molecule has 1 aliphatic rings. The predicted molar refractivity (Wildman–Crippen MR) is 102 cm³/mol. The van der Waals surface area contributed by atoms with Gasteiger partial charge in [0.25, 0.3) is 0 Å². The largest absolute Gasteiger partial charge is 0.492 e. The number of benzene rings is 1. The van der Waals surface area contributed by atoms with Crippen LogP contribution in [0.2, 0.25) is 0 Å². The number of hydrogen-bond donors (Lipinski definition) is 3. The first-order chi connectivity index (χ1) is 12.7. The molecule has 2 aromatic rings. The number of aromatic nitrogens is 2. The number of carbonyl (C=O) groups is 1. The van der Waals surface area contributed by atoms with Crippen LogP contribution in [0.25, 0.3) is 0 Å². The summed E-state index contributed by atoms with van der Waals surface area (Å²) in [7, 11) is 0. The third-order valence-corrected chi connectivity index (χ3v) is 4.30. The molecule has 1 aromatic carbocycles. The molecule has 1 heterocycles. The summed E-state index contributed by atoms with van der Waals surface area (Å²) in [6.07, 6.45) is 5.69. The highest BCUT2D eigenvalue weighted by Crippen LogP contribution is 2.26. The van der Waals surface area contributed by atoms with Gasteiger partial charge in [-0.1, -0.05) is 31.4 Å². The van der Waals surface area contributed by atoms with Gasteiger partial charge in [0, 0.05) is 6.04 Å². The van der Waals surface area contributed by atoms with E-state index in [2.05, 4.69) is 26.1 Å². The molecule has 26 heavy (non-hydrogen) atoms. The SMILES string of the molecule is CCOc1ccccc1Nc1ccc(NC(=O)NC2CCCCC2)nn1. The van der Waals surface area contributed by atoms with Crippen LogP contribution < -0.4 is 20.7 Å². The third kappa shape index (κ3) is 5.08. The van der Waals surface area contributed by atoms with Gasteiger partial charge in [0.1, 0.15) is 5.75 Å². The van der Waals surface area contributed by atoms with Gasteiger partial charge >= 0.3 is 6.03 Å². The number of rotatable bonds is 6. The highest BCUT2D eigenvalue weighted by molar-refractivity contribution is 5.88. The average Bonchev–Trinajstić information content (AvgIpc) is 2.66. The molecule has 0 spiro atoms. The van der Waals surface area contributed by atoms with E-state index < -0.39 is 0 Å². The number of ether oxygens (including phenoxy) is 1. The summed E-state index contributed by atoms with van der Waals surface area (Å²) >= 11 is 0. The standard InChI is InChI=1S/C19H25N5O2/c1-2-26-16-11-7-6-10-15(16)21-17-12-13-18(24-23-17)22-19(25)20-14-8-4-3-5-9-14/h6-7,10-14H,2-5,8-9H2,1H3,(H,21,23)(H2,20,22,24,25). The second kappa shape index (κ2) is 9.03. The Labute approximate surface area is 153 Å². The van der Waals surface area contributed by atoms with E-state index in [9.17, 15) is 4.79 Å². The Kier molecular flexibility index (Phi) is 6.24. The van der Waals surface area contributed by atoms with E-state index in [1.807, 2.05) is 31.2 Å². The van der Waals surface area contributed by atoms with Gasteiger partial charge in [0.2, 0.25) is 0 Å². The smallest absolute Gasteiger partial charge is 0.320 e. The van der Waals surface area contributed by atoms with Crippen LogP contribution in [-0.4, -0.2) is 28.9 Å². The van der Waals surface area contributed by atoms with Crippen LogP contribution in [0.1, 0.15) is 39.0 Å². The first kappa shape index (κ1) is 18.0. The number of anilines is 3. The van der Waals surface area contributed by atoms with E-state index in [0.29, 0.717) is 18.2 Å². The molecule has 3 N–H and O–H groups in total. The molecule has 0 radical (unpaired) electrons. The van der Waals surface area contributed by atoms with E-state index in [4.69, 9.17) is 4.74 Å². The Morgan fingerprint density at radius 1 is 1.08 bits per heavy atom. The minimum absolute atomic E-state index is 0.228. The van der Waals surface area contributed by atoms with Gasteiger partial charge in [0.15, 0.2) is 11.6 Å². The molecule has 1 fully saturated rings. The number of nitrogens with one attached hydrogen (secondary N) is 3. The van der Waals surface area contributed by atoms with E-state index in [1.165, 1.54) is 19.3 Å².